The maximum atomic E-state index is 13.0. The van der Waals surface area contributed by atoms with Crippen LogP contribution < -0.4 is 5.32 Å². The van der Waals surface area contributed by atoms with E-state index in [1.54, 1.807) is 0 Å². The number of nitrogens with one attached hydrogen (secondary N) is 1. The first-order valence-electron chi connectivity index (χ1n) is 6.66. The summed E-state index contributed by atoms with van der Waals surface area (Å²) in [5, 5.41) is 11.4. The first-order valence-corrected chi connectivity index (χ1v) is 6.66. The van der Waals surface area contributed by atoms with Crippen LogP contribution in [0.15, 0.2) is 18.2 Å². The van der Waals surface area contributed by atoms with Gasteiger partial charge in [0.05, 0.1) is 12.5 Å². The fraction of sp³-hybridized carbons (Fsp3) is 0.429. The lowest BCUT2D eigenvalue weighted by Crippen LogP contribution is -2.40. The van der Waals surface area contributed by atoms with Crippen LogP contribution in [0, 0.1) is 17.6 Å². The van der Waals surface area contributed by atoms with Gasteiger partial charge in [-0.05, 0) is 38.1 Å². The van der Waals surface area contributed by atoms with Gasteiger partial charge in [0, 0.05) is 11.8 Å². The van der Waals surface area contributed by atoms with E-state index < -0.39 is 17.6 Å². The monoisotopic (exact) mass is 298 g/mol. The zero-order valence-corrected chi connectivity index (χ0v) is 11.3. The molecule has 21 heavy (non-hydrogen) atoms. The highest BCUT2D eigenvalue weighted by molar-refractivity contribution is 5.92. The van der Waals surface area contributed by atoms with Crippen molar-refractivity contribution < 1.29 is 23.5 Å². The number of carbonyl (C=O) groups is 2. The molecule has 0 radical (unpaired) electrons. The molecule has 1 heterocycles. The van der Waals surface area contributed by atoms with Crippen LogP contribution in [0.5, 0.6) is 0 Å². The number of carboxylic acids is 1. The molecule has 2 N–H and O–H groups in total. The summed E-state index contributed by atoms with van der Waals surface area (Å²) in [5.74, 6) is -3.48. The highest BCUT2D eigenvalue weighted by atomic mass is 19.2. The average Bonchev–Trinajstić information content (AvgIpc) is 2.43. The van der Waals surface area contributed by atoms with Crippen LogP contribution >= 0.6 is 0 Å². The number of carbonyl (C=O) groups excluding carboxylic acids is 1. The Morgan fingerprint density at radius 2 is 1.90 bits per heavy atom. The third-order valence-corrected chi connectivity index (χ3v) is 3.51. The maximum absolute atomic E-state index is 13.0. The number of likely N-dealkylation sites (tertiary alicyclic amines) is 1. The Hall–Kier alpha value is -2.02. The summed E-state index contributed by atoms with van der Waals surface area (Å²) in [6.45, 7) is 1.16. The molecular weight excluding hydrogens is 282 g/mol. The minimum absolute atomic E-state index is 0.103. The predicted octanol–water partition coefficient (Wildman–Crippen LogP) is 1.70. The van der Waals surface area contributed by atoms with E-state index in [-0.39, 0.29) is 24.1 Å². The summed E-state index contributed by atoms with van der Waals surface area (Å²) < 4.78 is 25.8. The van der Waals surface area contributed by atoms with Crippen LogP contribution in [0.3, 0.4) is 0 Å². The summed E-state index contributed by atoms with van der Waals surface area (Å²) in [5.41, 5.74) is 0.194. The molecule has 1 aromatic rings. The van der Waals surface area contributed by atoms with Crippen LogP contribution in [-0.2, 0) is 9.59 Å². The Bertz CT molecular complexity index is 543. The fourth-order valence-electron chi connectivity index (χ4n) is 2.32. The van der Waals surface area contributed by atoms with Crippen molar-refractivity contribution in [2.24, 2.45) is 5.92 Å². The van der Waals surface area contributed by atoms with Crippen molar-refractivity contribution in [3.63, 3.8) is 0 Å². The Balaban J connectivity index is 1.82. The Kier molecular flexibility index (Phi) is 4.85. The Morgan fingerprint density at radius 3 is 2.48 bits per heavy atom. The van der Waals surface area contributed by atoms with Gasteiger partial charge in [-0.3, -0.25) is 14.5 Å². The lowest BCUT2D eigenvalue weighted by molar-refractivity contribution is -0.143. The maximum Gasteiger partial charge on any atom is 0.306 e. The van der Waals surface area contributed by atoms with E-state index in [0.717, 1.165) is 12.1 Å². The van der Waals surface area contributed by atoms with E-state index >= 15 is 0 Å². The van der Waals surface area contributed by atoms with E-state index in [4.69, 9.17) is 5.11 Å². The molecule has 0 aliphatic carbocycles. The number of halogens is 2. The van der Waals surface area contributed by atoms with E-state index in [0.29, 0.717) is 25.9 Å². The van der Waals surface area contributed by atoms with Crippen molar-refractivity contribution in [3.8, 4) is 0 Å². The molecule has 1 aliphatic heterocycles. The summed E-state index contributed by atoms with van der Waals surface area (Å²) in [4.78, 5) is 24.5. The van der Waals surface area contributed by atoms with Gasteiger partial charge in [0.15, 0.2) is 11.6 Å². The zero-order valence-electron chi connectivity index (χ0n) is 11.3. The largest absolute Gasteiger partial charge is 0.481 e. The van der Waals surface area contributed by atoms with Gasteiger partial charge < -0.3 is 10.4 Å². The Labute approximate surface area is 120 Å². The lowest BCUT2D eigenvalue weighted by Gasteiger charge is -2.29. The number of piperidine rings is 1. The molecule has 0 saturated carbocycles. The quantitative estimate of drug-likeness (QED) is 0.887. The molecule has 7 heteroatoms. The van der Waals surface area contributed by atoms with Gasteiger partial charge >= 0.3 is 5.97 Å². The van der Waals surface area contributed by atoms with Gasteiger partial charge in [-0.1, -0.05) is 0 Å². The smallest absolute Gasteiger partial charge is 0.306 e. The first-order chi connectivity index (χ1) is 9.95. The third-order valence-electron chi connectivity index (χ3n) is 3.51. The van der Waals surface area contributed by atoms with Crippen molar-refractivity contribution in [3.05, 3.63) is 29.8 Å². The van der Waals surface area contributed by atoms with Gasteiger partial charge in [0.2, 0.25) is 5.91 Å². The molecular formula is C14H16F2N2O3. The lowest BCUT2D eigenvalue weighted by atomic mass is 9.97. The summed E-state index contributed by atoms with van der Waals surface area (Å²) >= 11 is 0. The SMILES string of the molecule is O=C(CN1CCC(C(=O)O)CC1)Nc1ccc(F)c(F)c1. The summed E-state index contributed by atoms with van der Waals surface area (Å²) in [6, 6.07) is 3.15. The number of hydrogen-bond acceptors (Lipinski definition) is 3. The first kappa shape index (κ1) is 15.4. The van der Waals surface area contributed by atoms with Crippen molar-refractivity contribution >= 4 is 17.6 Å². The van der Waals surface area contributed by atoms with Gasteiger partial charge in [0.25, 0.3) is 0 Å². The second-order valence-corrected chi connectivity index (χ2v) is 5.07. The molecule has 0 aromatic heterocycles. The minimum Gasteiger partial charge on any atom is -0.481 e. The van der Waals surface area contributed by atoms with Crippen LogP contribution in [-0.4, -0.2) is 41.5 Å². The van der Waals surface area contributed by atoms with Crippen molar-refractivity contribution in [2.75, 3.05) is 25.0 Å². The molecule has 0 bridgehead atoms. The van der Waals surface area contributed by atoms with Gasteiger partial charge in [-0.2, -0.15) is 0 Å². The molecule has 0 spiro atoms. The number of benzene rings is 1. The number of aliphatic carboxylic acids is 1. The van der Waals surface area contributed by atoms with Crippen LogP contribution in [0.2, 0.25) is 0 Å². The minimum atomic E-state index is -1.02. The van der Waals surface area contributed by atoms with Gasteiger partial charge in [-0.25, -0.2) is 8.78 Å². The number of hydrogen-bond donors (Lipinski definition) is 2. The number of nitrogens with zero attached hydrogens (tertiary/aromatic N) is 1. The molecule has 1 aliphatic rings. The van der Waals surface area contributed by atoms with Crippen molar-refractivity contribution in [1.82, 2.24) is 4.90 Å². The van der Waals surface area contributed by atoms with Gasteiger partial charge in [0.1, 0.15) is 0 Å². The van der Waals surface area contributed by atoms with Crippen molar-refractivity contribution in [2.45, 2.75) is 12.8 Å². The van der Waals surface area contributed by atoms with Crippen LogP contribution in [0.25, 0.3) is 0 Å². The second-order valence-electron chi connectivity index (χ2n) is 5.07. The average molecular weight is 298 g/mol. The molecule has 0 atom stereocenters. The molecule has 2 rings (SSSR count). The van der Waals surface area contributed by atoms with E-state index in [2.05, 4.69) is 5.32 Å². The Morgan fingerprint density at radius 1 is 1.24 bits per heavy atom. The number of amides is 1. The predicted molar refractivity (Wildman–Crippen MR) is 71.8 cm³/mol. The summed E-state index contributed by atoms with van der Waals surface area (Å²) in [6.07, 6.45) is 1.02. The summed E-state index contributed by atoms with van der Waals surface area (Å²) in [7, 11) is 0. The van der Waals surface area contributed by atoms with Crippen LogP contribution in [0.1, 0.15) is 12.8 Å². The molecule has 1 fully saturated rings. The van der Waals surface area contributed by atoms with Gasteiger partial charge in [-0.15, -0.1) is 0 Å². The topological polar surface area (TPSA) is 69.6 Å². The molecule has 0 unspecified atom stereocenters. The molecule has 1 saturated heterocycles. The van der Waals surface area contributed by atoms with E-state index in [1.165, 1.54) is 6.07 Å². The molecule has 1 amide bonds. The van der Waals surface area contributed by atoms with Crippen molar-refractivity contribution in [1.29, 1.82) is 0 Å². The fourth-order valence-corrected chi connectivity index (χ4v) is 2.32. The number of rotatable bonds is 4. The normalized spacial score (nSPS) is 16.7. The highest BCUT2D eigenvalue weighted by Gasteiger charge is 2.25. The third kappa shape index (κ3) is 4.22. The number of carboxylic acid groups (broad SMARTS) is 1. The molecule has 1 aromatic carbocycles. The van der Waals surface area contributed by atoms with E-state index in [1.807, 2.05) is 4.90 Å². The molecule has 114 valence electrons. The molecule has 5 nitrogen and oxygen atoms in total. The second kappa shape index (κ2) is 6.62. The van der Waals surface area contributed by atoms with Crippen LogP contribution in [0.4, 0.5) is 14.5 Å². The number of anilines is 1. The highest BCUT2D eigenvalue weighted by Crippen LogP contribution is 2.17. The zero-order chi connectivity index (χ0) is 15.4. The van der Waals surface area contributed by atoms with E-state index in [9.17, 15) is 18.4 Å². The standard InChI is InChI=1S/C14H16F2N2O3/c15-11-2-1-10(7-12(11)16)17-13(19)8-18-5-3-9(4-6-18)14(20)21/h1-2,7,9H,3-6,8H2,(H,17,19)(H,20,21).